The smallest absolute Gasteiger partial charge is 0.122 e. The Morgan fingerprint density at radius 1 is 1.10 bits per heavy atom. The lowest BCUT2D eigenvalue weighted by atomic mass is 10.1. The molecule has 0 N–H and O–H groups in total. The Morgan fingerprint density at radius 2 is 1.80 bits per heavy atom. The molecule has 2 unspecified atom stereocenters. The van der Waals surface area contributed by atoms with Gasteiger partial charge in [0.05, 0.1) is 13.2 Å². The van der Waals surface area contributed by atoms with Gasteiger partial charge in [0.25, 0.3) is 0 Å². The molecule has 1 aromatic carbocycles. The van der Waals surface area contributed by atoms with Crippen molar-refractivity contribution in [2.75, 3.05) is 26.4 Å². The number of epoxide rings is 2. The highest BCUT2D eigenvalue weighted by Crippen LogP contribution is 2.27. The van der Waals surface area contributed by atoms with Crippen molar-refractivity contribution in [2.45, 2.75) is 38.4 Å². The third-order valence-electron chi connectivity index (χ3n) is 3.50. The van der Waals surface area contributed by atoms with E-state index in [1.807, 2.05) is 12.1 Å². The first-order valence-electron chi connectivity index (χ1n) is 7.47. The van der Waals surface area contributed by atoms with Crippen LogP contribution in [-0.4, -0.2) is 38.6 Å². The number of rotatable bonds is 9. The van der Waals surface area contributed by atoms with E-state index in [0.29, 0.717) is 13.2 Å². The second-order valence-corrected chi connectivity index (χ2v) is 5.41. The van der Waals surface area contributed by atoms with Crippen molar-refractivity contribution in [1.82, 2.24) is 0 Å². The Morgan fingerprint density at radius 3 is 2.45 bits per heavy atom. The highest BCUT2D eigenvalue weighted by molar-refractivity contribution is 5.40. The molecule has 0 aromatic heterocycles. The van der Waals surface area contributed by atoms with E-state index in [0.717, 1.165) is 37.6 Å². The van der Waals surface area contributed by atoms with Gasteiger partial charge in [0.1, 0.15) is 36.9 Å². The molecule has 2 aliphatic heterocycles. The third kappa shape index (κ3) is 4.12. The van der Waals surface area contributed by atoms with E-state index in [1.165, 1.54) is 12.0 Å². The molecule has 1 aromatic rings. The first kappa shape index (κ1) is 13.7. The highest BCUT2D eigenvalue weighted by Gasteiger charge is 2.24. The highest BCUT2D eigenvalue weighted by atomic mass is 16.6. The molecule has 4 heteroatoms. The minimum Gasteiger partial charge on any atom is -0.491 e. The number of benzene rings is 1. The molecule has 20 heavy (non-hydrogen) atoms. The van der Waals surface area contributed by atoms with E-state index in [2.05, 4.69) is 13.0 Å². The predicted molar refractivity (Wildman–Crippen MR) is 75.5 cm³/mol. The van der Waals surface area contributed by atoms with Crippen LogP contribution in [0.25, 0.3) is 0 Å². The third-order valence-corrected chi connectivity index (χ3v) is 3.50. The van der Waals surface area contributed by atoms with E-state index < -0.39 is 0 Å². The van der Waals surface area contributed by atoms with Gasteiger partial charge in [-0.3, -0.25) is 0 Å². The fraction of sp³-hybridized carbons (Fsp3) is 0.625. The Labute approximate surface area is 120 Å². The van der Waals surface area contributed by atoms with Crippen LogP contribution in [0.2, 0.25) is 0 Å². The van der Waals surface area contributed by atoms with Crippen molar-refractivity contribution in [3.8, 4) is 11.5 Å². The standard InChI is InChI=1S/C16H22O4/c1-2-3-4-12-7-13(17-8-14-9-18-14)5-6-16(12)20-11-15-10-19-15/h5-7,14-15H,2-4,8-11H2,1H3. The molecular formula is C16H22O4. The number of ether oxygens (including phenoxy) is 4. The Bertz CT molecular complexity index is 438. The largest absolute Gasteiger partial charge is 0.491 e. The summed E-state index contributed by atoms with van der Waals surface area (Å²) in [7, 11) is 0. The average Bonchev–Trinajstić information content (AvgIpc) is 3.36. The first-order chi connectivity index (χ1) is 9.85. The molecular weight excluding hydrogens is 256 g/mol. The minimum absolute atomic E-state index is 0.289. The van der Waals surface area contributed by atoms with Crippen LogP contribution in [0.5, 0.6) is 11.5 Å². The summed E-state index contributed by atoms with van der Waals surface area (Å²) in [6.07, 6.45) is 3.93. The van der Waals surface area contributed by atoms with E-state index >= 15 is 0 Å². The van der Waals surface area contributed by atoms with E-state index in [1.54, 1.807) is 0 Å². The lowest BCUT2D eigenvalue weighted by Crippen LogP contribution is -2.07. The second kappa shape index (κ2) is 6.46. The monoisotopic (exact) mass is 278 g/mol. The zero-order valence-corrected chi connectivity index (χ0v) is 12.0. The molecule has 110 valence electrons. The number of hydrogen-bond acceptors (Lipinski definition) is 4. The van der Waals surface area contributed by atoms with Crippen LogP contribution in [0.3, 0.4) is 0 Å². The molecule has 2 aliphatic rings. The van der Waals surface area contributed by atoms with E-state index in [-0.39, 0.29) is 12.2 Å². The van der Waals surface area contributed by atoms with Gasteiger partial charge >= 0.3 is 0 Å². The van der Waals surface area contributed by atoms with Gasteiger partial charge in [0.15, 0.2) is 0 Å². The SMILES string of the molecule is CCCCc1cc(OCC2CO2)ccc1OCC1CO1. The predicted octanol–water partition coefficient (Wildman–Crippen LogP) is 2.58. The summed E-state index contributed by atoms with van der Waals surface area (Å²) >= 11 is 0. The fourth-order valence-electron chi connectivity index (χ4n) is 2.05. The molecule has 0 spiro atoms. The maximum Gasteiger partial charge on any atom is 0.122 e. The van der Waals surface area contributed by atoms with Crippen LogP contribution in [0.1, 0.15) is 25.3 Å². The maximum absolute atomic E-state index is 5.85. The number of hydrogen-bond donors (Lipinski definition) is 0. The molecule has 0 saturated carbocycles. The first-order valence-corrected chi connectivity index (χ1v) is 7.47. The summed E-state index contributed by atoms with van der Waals surface area (Å²) < 4.78 is 21.9. The molecule has 2 heterocycles. The lowest BCUT2D eigenvalue weighted by molar-refractivity contribution is 0.255. The Kier molecular flexibility index (Phi) is 4.43. The Hall–Kier alpha value is -1.26. The molecule has 2 fully saturated rings. The second-order valence-electron chi connectivity index (χ2n) is 5.41. The van der Waals surface area contributed by atoms with Crippen LogP contribution in [-0.2, 0) is 15.9 Å². The van der Waals surface area contributed by atoms with Crippen LogP contribution < -0.4 is 9.47 Å². The van der Waals surface area contributed by atoms with Crippen LogP contribution >= 0.6 is 0 Å². The van der Waals surface area contributed by atoms with Gasteiger partial charge in [-0.1, -0.05) is 13.3 Å². The van der Waals surface area contributed by atoms with Gasteiger partial charge in [-0.15, -0.1) is 0 Å². The van der Waals surface area contributed by atoms with E-state index in [4.69, 9.17) is 18.9 Å². The molecule has 4 nitrogen and oxygen atoms in total. The summed E-state index contributed by atoms with van der Waals surface area (Å²) in [5.41, 5.74) is 1.22. The summed E-state index contributed by atoms with van der Waals surface area (Å²) in [6, 6.07) is 6.08. The van der Waals surface area contributed by atoms with Crippen molar-refractivity contribution in [3.63, 3.8) is 0 Å². The molecule has 0 amide bonds. The molecule has 0 bridgehead atoms. The normalized spacial score (nSPS) is 23.4. The zero-order valence-electron chi connectivity index (χ0n) is 12.0. The van der Waals surface area contributed by atoms with Crippen molar-refractivity contribution in [3.05, 3.63) is 23.8 Å². The van der Waals surface area contributed by atoms with Crippen LogP contribution in [0.4, 0.5) is 0 Å². The molecule has 0 radical (unpaired) electrons. The van der Waals surface area contributed by atoms with Crippen molar-refractivity contribution in [2.24, 2.45) is 0 Å². The van der Waals surface area contributed by atoms with Gasteiger partial charge in [-0.05, 0) is 36.6 Å². The quantitative estimate of drug-likeness (QED) is 0.651. The van der Waals surface area contributed by atoms with Gasteiger partial charge in [0.2, 0.25) is 0 Å². The minimum atomic E-state index is 0.289. The van der Waals surface area contributed by atoms with E-state index in [9.17, 15) is 0 Å². The van der Waals surface area contributed by atoms with Crippen molar-refractivity contribution >= 4 is 0 Å². The van der Waals surface area contributed by atoms with Gasteiger partial charge < -0.3 is 18.9 Å². The summed E-state index contributed by atoms with van der Waals surface area (Å²) in [5.74, 6) is 1.87. The van der Waals surface area contributed by atoms with Crippen molar-refractivity contribution in [1.29, 1.82) is 0 Å². The van der Waals surface area contributed by atoms with Crippen molar-refractivity contribution < 1.29 is 18.9 Å². The maximum atomic E-state index is 5.85. The van der Waals surface area contributed by atoms with Crippen LogP contribution in [0.15, 0.2) is 18.2 Å². The fourth-order valence-corrected chi connectivity index (χ4v) is 2.05. The lowest BCUT2D eigenvalue weighted by Gasteiger charge is -2.13. The topological polar surface area (TPSA) is 43.5 Å². The summed E-state index contributed by atoms with van der Waals surface area (Å²) in [5, 5.41) is 0. The molecule has 2 saturated heterocycles. The zero-order chi connectivity index (χ0) is 13.8. The summed E-state index contributed by atoms with van der Waals surface area (Å²) in [4.78, 5) is 0. The average molecular weight is 278 g/mol. The Balaban J connectivity index is 1.62. The molecule has 0 aliphatic carbocycles. The van der Waals surface area contributed by atoms with Gasteiger partial charge in [-0.2, -0.15) is 0 Å². The van der Waals surface area contributed by atoms with Crippen LogP contribution in [0, 0.1) is 0 Å². The number of unbranched alkanes of at least 4 members (excludes halogenated alkanes) is 1. The summed E-state index contributed by atoms with van der Waals surface area (Å²) in [6.45, 7) is 5.14. The van der Waals surface area contributed by atoms with Gasteiger partial charge in [-0.25, -0.2) is 0 Å². The number of aryl methyl sites for hydroxylation is 1. The van der Waals surface area contributed by atoms with Gasteiger partial charge in [0, 0.05) is 0 Å². The molecule has 2 atom stereocenters. The molecule has 3 rings (SSSR count).